The summed E-state index contributed by atoms with van der Waals surface area (Å²) in [5.74, 6) is -1.42. The zero-order valence-corrected chi connectivity index (χ0v) is 20.7. The van der Waals surface area contributed by atoms with E-state index in [1.165, 1.54) is 23.1 Å². The maximum Gasteiger partial charge on any atom is 0.257 e. The van der Waals surface area contributed by atoms with E-state index in [1.807, 2.05) is 74.6 Å². The minimum atomic E-state index is -0.612. The molecule has 0 aliphatic carbocycles. The SMILES string of the molecule is CC(C)N(CC(=O)N1c2ccccc2-n2cccc2C1c1cccc(Cl)c1)C(=O)c1ccccc1F. The first-order valence-corrected chi connectivity index (χ1v) is 12.1. The van der Waals surface area contributed by atoms with Crippen LogP contribution in [-0.2, 0) is 4.79 Å². The molecule has 2 heterocycles. The number of amides is 2. The molecule has 36 heavy (non-hydrogen) atoms. The first-order chi connectivity index (χ1) is 17.4. The van der Waals surface area contributed by atoms with Crippen molar-refractivity contribution in [2.45, 2.75) is 25.9 Å². The number of rotatable bonds is 5. The Bertz CT molecular complexity index is 1450. The molecular formula is C29H25ClFN3O2. The van der Waals surface area contributed by atoms with Gasteiger partial charge in [0.05, 0.1) is 22.6 Å². The van der Waals surface area contributed by atoms with Crippen molar-refractivity contribution in [3.63, 3.8) is 0 Å². The summed E-state index contributed by atoms with van der Waals surface area (Å²) in [4.78, 5) is 30.5. The molecule has 1 aliphatic heterocycles. The second-order valence-electron chi connectivity index (χ2n) is 9.02. The third-order valence-corrected chi connectivity index (χ3v) is 6.68. The third-order valence-electron chi connectivity index (χ3n) is 6.45. The Kier molecular flexibility index (Phi) is 6.37. The number of nitrogens with zero attached hydrogens (tertiary/aromatic N) is 3. The van der Waals surface area contributed by atoms with Crippen LogP contribution in [0.2, 0.25) is 5.02 Å². The van der Waals surface area contributed by atoms with Crippen molar-refractivity contribution in [1.29, 1.82) is 0 Å². The first-order valence-electron chi connectivity index (χ1n) is 11.8. The molecule has 5 rings (SSSR count). The lowest BCUT2D eigenvalue weighted by Crippen LogP contribution is -2.48. The van der Waals surface area contributed by atoms with Crippen molar-refractivity contribution in [2.24, 2.45) is 0 Å². The molecule has 0 radical (unpaired) electrons. The zero-order valence-electron chi connectivity index (χ0n) is 19.9. The molecule has 0 bridgehead atoms. The molecule has 1 aromatic heterocycles. The lowest BCUT2D eigenvalue weighted by atomic mass is 9.97. The molecule has 7 heteroatoms. The van der Waals surface area contributed by atoms with E-state index in [0.29, 0.717) is 5.02 Å². The number of hydrogen-bond acceptors (Lipinski definition) is 2. The van der Waals surface area contributed by atoms with E-state index in [1.54, 1.807) is 17.0 Å². The lowest BCUT2D eigenvalue weighted by molar-refractivity contribution is -0.120. The molecule has 1 unspecified atom stereocenters. The summed E-state index contributed by atoms with van der Waals surface area (Å²) < 4.78 is 16.5. The maximum absolute atomic E-state index is 14.4. The van der Waals surface area contributed by atoms with Gasteiger partial charge in [0.2, 0.25) is 5.91 Å². The van der Waals surface area contributed by atoms with Crippen molar-refractivity contribution in [1.82, 2.24) is 9.47 Å². The van der Waals surface area contributed by atoms with Gasteiger partial charge in [-0.05, 0) is 67.9 Å². The van der Waals surface area contributed by atoms with Gasteiger partial charge < -0.3 is 9.47 Å². The highest BCUT2D eigenvalue weighted by atomic mass is 35.5. The smallest absolute Gasteiger partial charge is 0.257 e. The van der Waals surface area contributed by atoms with Gasteiger partial charge >= 0.3 is 0 Å². The molecule has 1 atom stereocenters. The number of benzene rings is 3. The van der Waals surface area contributed by atoms with E-state index in [-0.39, 0.29) is 24.1 Å². The molecule has 2 amide bonds. The predicted octanol–water partition coefficient (Wildman–Crippen LogP) is 6.26. The Morgan fingerprint density at radius 1 is 0.944 bits per heavy atom. The summed E-state index contributed by atoms with van der Waals surface area (Å²) >= 11 is 6.34. The summed E-state index contributed by atoms with van der Waals surface area (Å²) in [6, 6.07) is 24.1. The first kappa shape index (κ1) is 23.8. The minimum Gasteiger partial charge on any atom is -0.327 e. The van der Waals surface area contributed by atoms with E-state index < -0.39 is 17.8 Å². The Hall–Kier alpha value is -3.90. The van der Waals surface area contributed by atoms with Gasteiger partial charge in [-0.15, -0.1) is 0 Å². The molecule has 0 saturated carbocycles. The van der Waals surface area contributed by atoms with Gasteiger partial charge in [-0.2, -0.15) is 0 Å². The number of carbonyl (C=O) groups excluding carboxylic acids is 2. The van der Waals surface area contributed by atoms with Gasteiger partial charge in [0.25, 0.3) is 5.91 Å². The van der Waals surface area contributed by atoms with E-state index in [2.05, 4.69) is 4.57 Å². The fourth-order valence-electron chi connectivity index (χ4n) is 4.75. The van der Waals surface area contributed by atoms with Crippen LogP contribution >= 0.6 is 11.6 Å². The molecule has 5 nitrogen and oxygen atoms in total. The average molecular weight is 502 g/mol. The topological polar surface area (TPSA) is 45.6 Å². The number of anilines is 1. The van der Waals surface area contributed by atoms with Crippen LogP contribution in [-0.4, -0.2) is 33.9 Å². The fourth-order valence-corrected chi connectivity index (χ4v) is 4.95. The largest absolute Gasteiger partial charge is 0.327 e. The van der Waals surface area contributed by atoms with Gasteiger partial charge in [0.1, 0.15) is 18.4 Å². The van der Waals surface area contributed by atoms with Crippen LogP contribution in [0.15, 0.2) is 91.1 Å². The van der Waals surface area contributed by atoms with Crippen LogP contribution in [0.5, 0.6) is 0 Å². The molecule has 182 valence electrons. The number of aromatic nitrogens is 1. The van der Waals surface area contributed by atoms with Gasteiger partial charge in [0.15, 0.2) is 0 Å². The van der Waals surface area contributed by atoms with Crippen molar-refractivity contribution >= 4 is 29.1 Å². The Morgan fingerprint density at radius 2 is 1.67 bits per heavy atom. The van der Waals surface area contributed by atoms with Crippen molar-refractivity contribution in [3.8, 4) is 5.69 Å². The summed E-state index contributed by atoms with van der Waals surface area (Å²) in [5.41, 5.74) is 3.28. The highest BCUT2D eigenvalue weighted by molar-refractivity contribution is 6.30. The number of fused-ring (bicyclic) bond motifs is 3. The van der Waals surface area contributed by atoms with Crippen LogP contribution in [0.1, 0.15) is 41.5 Å². The number of halogens is 2. The quantitative estimate of drug-likeness (QED) is 0.324. The van der Waals surface area contributed by atoms with E-state index in [4.69, 9.17) is 11.6 Å². The second-order valence-corrected chi connectivity index (χ2v) is 9.46. The van der Waals surface area contributed by atoms with Crippen LogP contribution in [0, 0.1) is 5.82 Å². The monoisotopic (exact) mass is 501 g/mol. The standard InChI is InChI=1S/C29H25ClFN3O2/c1-19(2)33(29(36)22-11-3-4-12-23(22)31)18-27(35)34-25-14-6-5-13-24(25)32-16-8-15-26(32)28(34)20-9-7-10-21(30)17-20/h3-17,19,28H,18H2,1-2H3. The average Bonchev–Trinajstić information content (AvgIpc) is 3.36. The van der Waals surface area contributed by atoms with Crippen LogP contribution in [0.25, 0.3) is 5.69 Å². The van der Waals surface area contributed by atoms with Crippen LogP contribution in [0.3, 0.4) is 0 Å². The predicted molar refractivity (Wildman–Crippen MR) is 139 cm³/mol. The third kappa shape index (κ3) is 4.18. The second kappa shape index (κ2) is 9.63. The normalized spacial score (nSPS) is 14.4. The summed E-state index contributed by atoms with van der Waals surface area (Å²) in [6.45, 7) is 3.42. The molecule has 4 aromatic rings. The summed E-state index contributed by atoms with van der Waals surface area (Å²) in [6.07, 6.45) is 1.97. The van der Waals surface area contributed by atoms with E-state index >= 15 is 0 Å². The molecule has 0 fully saturated rings. The maximum atomic E-state index is 14.4. The van der Waals surface area contributed by atoms with Crippen LogP contribution < -0.4 is 4.90 Å². The van der Waals surface area contributed by atoms with Crippen molar-refractivity contribution in [3.05, 3.63) is 119 Å². The highest BCUT2D eigenvalue weighted by Crippen LogP contribution is 2.42. The van der Waals surface area contributed by atoms with Crippen LogP contribution in [0.4, 0.5) is 10.1 Å². The number of para-hydroxylation sites is 2. The van der Waals surface area contributed by atoms with Gasteiger partial charge in [-0.25, -0.2) is 4.39 Å². The minimum absolute atomic E-state index is 0.0571. The van der Waals surface area contributed by atoms with E-state index in [0.717, 1.165) is 22.6 Å². The Labute approximate surface area is 214 Å². The molecule has 3 aromatic carbocycles. The van der Waals surface area contributed by atoms with Crippen molar-refractivity contribution < 1.29 is 14.0 Å². The molecule has 0 saturated heterocycles. The zero-order chi connectivity index (χ0) is 25.4. The van der Waals surface area contributed by atoms with Crippen molar-refractivity contribution in [2.75, 3.05) is 11.4 Å². The lowest BCUT2D eigenvalue weighted by Gasteiger charge is -2.40. The molecule has 0 N–H and O–H groups in total. The highest BCUT2D eigenvalue weighted by Gasteiger charge is 2.37. The molecule has 1 aliphatic rings. The number of carbonyl (C=O) groups is 2. The molecule has 0 spiro atoms. The number of hydrogen-bond donors (Lipinski definition) is 0. The van der Waals surface area contributed by atoms with Gasteiger partial charge in [-0.1, -0.05) is 48.0 Å². The van der Waals surface area contributed by atoms with Gasteiger partial charge in [-0.3, -0.25) is 14.5 Å². The Balaban J connectivity index is 1.59. The summed E-state index contributed by atoms with van der Waals surface area (Å²) in [5, 5.41) is 0.565. The van der Waals surface area contributed by atoms with E-state index in [9.17, 15) is 14.0 Å². The van der Waals surface area contributed by atoms with Gasteiger partial charge in [0, 0.05) is 17.3 Å². The molecular weight excluding hydrogens is 477 g/mol. The fraction of sp³-hybridized carbons (Fsp3) is 0.172. The Morgan fingerprint density at radius 3 is 2.39 bits per heavy atom. The summed E-state index contributed by atoms with van der Waals surface area (Å²) in [7, 11) is 0.